The Kier molecular flexibility index (Phi) is 4.86. The fourth-order valence-corrected chi connectivity index (χ4v) is 2.54. The molecule has 0 aliphatic heterocycles. The van der Waals surface area contributed by atoms with Crippen LogP contribution in [0.3, 0.4) is 0 Å². The first-order valence-corrected chi connectivity index (χ1v) is 6.50. The van der Waals surface area contributed by atoms with Gasteiger partial charge in [0.15, 0.2) is 0 Å². The van der Waals surface area contributed by atoms with Gasteiger partial charge < -0.3 is 0 Å². The Morgan fingerprint density at radius 1 is 1.31 bits per heavy atom. The Balaban J connectivity index is 2.23. The number of Topliss-reactive ketones (excluding diaryl/α,β-unsaturated/α-hetero) is 1. The second-order valence-electron chi connectivity index (χ2n) is 4.06. The number of hydrogen-bond acceptors (Lipinski definition) is 2. The van der Waals surface area contributed by atoms with E-state index in [1.807, 2.05) is 0 Å². The van der Waals surface area contributed by atoms with E-state index in [2.05, 4.69) is 13.8 Å². The molecule has 0 atom stereocenters. The van der Waals surface area contributed by atoms with Crippen LogP contribution in [0.15, 0.2) is 0 Å². The lowest BCUT2D eigenvalue weighted by Gasteiger charge is -2.24. The highest BCUT2D eigenvalue weighted by molar-refractivity contribution is 7.99. The van der Waals surface area contributed by atoms with Gasteiger partial charge in [-0.15, -0.1) is 0 Å². The van der Waals surface area contributed by atoms with E-state index in [9.17, 15) is 4.79 Å². The van der Waals surface area contributed by atoms with Gasteiger partial charge in [-0.3, -0.25) is 4.79 Å². The van der Waals surface area contributed by atoms with E-state index in [0.29, 0.717) is 11.7 Å². The number of ketones is 1. The molecule has 1 rings (SSSR count). The highest BCUT2D eigenvalue weighted by Crippen LogP contribution is 2.29. The third-order valence-electron chi connectivity index (χ3n) is 2.92. The summed E-state index contributed by atoms with van der Waals surface area (Å²) in [4.78, 5) is 11.6. The van der Waals surface area contributed by atoms with Crippen molar-refractivity contribution in [3.63, 3.8) is 0 Å². The van der Waals surface area contributed by atoms with Crippen molar-refractivity contribution in [2.45, 2.75) is 39.5 Å². The fourth-order valence-electron chi connectivity index (χ4n) is 1.90. The molecule has 1 saturated carbocycles. The van der Waals surface area contributed by atoms with Gasteiger partial charge in [0.2, 0.25) is 0 Å². The Labute approximate surface area is 85.7 Å². The molecule has 0 saturated heterocycles. The van der Waals surface area contributed by atoms with Gasteiger partial charge in [-0.2, -0.15) is 11.8 Å². The summed E-state index contributed by atoms with van der Waals surface area (Å²) in [5, 5.41) is 0. The highest BCUT2D eigenvalue weighted by atomic mass is 32.2. The third kappa shape index (κ3) is 3.72. The van der Waals surface area contributed by atoms with Crippen molar-refractivity contribution >= 4 is 17.5 Å². The van der Waals surface area contributed by atoms with Gasteiger partial charge in [-0.1, -0.05) is 26.7 Å². The maximum Gasteiger partial charge on any atom is 0.145 e. The van der Waals surface area contributed by atoms with Crippen LogP contribution in [0.25, 0.3) is 0 Å². The minimum atomic E-state index is 0.398. The van der Waals surface area contributed by atoms with Crippen molar-refractivity contribution in [2.75, 3.05) is 11.5 Å². The van der Waals surface area contributed by atoms with Crippen LogP contribution in [0.1, 0.15) is 39.5 Å². The summed E-state index contributed by atoms with van der Waals surface area (Å²) in [6.07, 6.45) is 4.80. The standard InChI is InChI=1S/C11H20OS/c1-3-13-8-11(12)10-6-4-9(2)5-7-10/h9-10H,3-8H2,1-2H3. The highest BCUT2D eigenvalue weighted by Gasteiger charge is 2.23. The van der Waals surface area contributed by atoms with E-state index in [-0.39, 0.29) is 0 Å². The molecule has 0 aromatic carbocycles. The predicted octanol–water partition coefficient (Wildman–Crippen LogP) is 3.13. The molecule has 0 aromatic rings. The van der Waals surface area contributed by atoms with Crippen LogP contribution in [0.5, 0.6) is 0 Å². The van der Waals surface area contributed by atoms with Gasteiger partial charge in [0, 0.05) is 5.92 Å². The normalized spacial score (nSPS) is 28.8. The molecule has 0 aromatic heterocycles. The van der Waals surface area contributed by atoms with Crippen LogP contribution in [-0.2, 0) is 4.79 Å². The minimum Gasteiger partial charge on any atom is -0.298 e. The smallest absolute Gasteiger partial charge is 0.145 e. The van der Waals surface area contributed by atoms with E-state index in [4.69, 9.17) is 0 Å². The number of rotatable bonds is 4. The number of hydrogen-bond donors (Lipinski definition) is 0. The zero-order valence-electron chi connectivity index (χ0n) is 8.71. The van der Waals surface area contributed by atoms with Crippen molar-refractivity contribution in [3.8, 4) is 0 Å². The Bertz CT molecular complexity index is 159. The Hall–Kier alpha value is 0.0200. The first kappa shape index (κ1) is 11.1. The summed E-state index contributed by atoms with van der Waals surface area (Å²) in [5.74, 6) is 3.56. The largest absolute Gasteiger partial charge is 0.298 e. The van der Waals surface area contributed by atoms with E-state index >= 15 is 0 Å². The molecular formula is C11H20OS. The maximum absolute atomic E-state index is 11.6. The van der Waals surface area contributed by atoms with E-state index in [1.54, 1.807) is 11.8 Å². The molecule has 0 N–H and O–H groups in total. The van der Waals surface area contributed by atoms with Gasteiger partial charge in [0.05, 0.1) is 5.75 Å². The van der Waals surface area contributed by atoms with E-state index < -0.39 is 0 Å². The maximum atomic E-state index is 11.6. The molecule has 1 nitrogen and oxygen atoms in total. The van der Waals surface area contributed by atoms with Crippen LogP contribution in [-0.4, -0.2) is 17.3 Å². The molecule has 0 unspecified atom stereocenters. The fraction of sp³-hybridized carbons (Fsp3) is 0.909. The topological polar surface area (TPSA) is 17.1 Å². The van der Waals surface area contributed by atoms with Gasteiger partial charge in [-0.25, -0.2) is 0 Å². The van der Waals surface area contributed by atoms with Gasteiger partial charge in [0.25, 0.3) is 0 Å². The Morgan fingerprint density at radius 2 is 1.92 bits per heavy atom. The molecule has 2 heteroatoms. The SMILES string of the molecule is CCSCC(=O)C1CCC(C)CC1. The summed E-state index contributed by atoms with van der Waals surface area (Å²) in [6, 6.07) is 0. The van der Waals surface area contributed by atoms with E-state index in [1.165, 1.54) is 12.8 Å². The van der Waals surface area contributed by atoms with Crippen LogP contribution in [0.2, 0.25) is 0 Å². The van der Waals surface area contributed by atoms with Crippen LogP contribution in [0, 0.1) is 11.8 Å². The molecule has 0 spiro atoms. The van der Waals surface area contributed by atoms with Crippen LogP contribution < -0.4 is 0 Å². The molecule has 1 fully saturated rings. The molecule has 0 bridgehead atoms. The zero-order chi connectivity index (χ0) is 9.68. The van der Waals surface area contributed by atoms with Crippen molar-refractivity contribution in [2.24, 2.45) is 11.8 Å². The molecule has 1 aliphatic carbocycles. The molecule has 0 heterocycles. The lowest BCUT2D eigenvalue weighted by atomic mass is 9.81. The van der Waals surface area contributed by atoms with Crippen molar-refractivity contribution in [1.82, 2.24) is 0 Å². The third-order valence-corrected chi connectivity index (χ3v) is 3.82. The van der Waals surface area contributed by atoms with Crippen molar-refractivity contribution in [3.05, 3.63) is 0 Å². The first-order chi connectivity index (χ1) is 6.24. The first-order valence-electron chi connectivity index (χ1n) is 5.34. The van der Waals surface area contributed by atoms with Crippen LogP contribution in [0.4, 0.5) is 0 Å². The number of carbonyl (C=O) groups is 1. The molecular weight excluding hydrogens is 180 g/mol. The average Bonchev–Trinajstić information content (AvgIpc) is 2.15. The molecule has 0 amide bonds. The minimum absolute atomic E-state index is 0.398. The quantitative estimate of drug-likeness (QED) is 0.693. The summed E-state index contributed by atoms with van der Waals surface area (Å²) < 4.78 is 0. The summed E-state index contributed by atoms with van der Waals surface area (Å²) in [7, 11) is 0. The summed E-state index contributed by atoms with van der Waals surface area (Å²) >= 11 is 1.76. The summed E-state index contributed by atoms with van der Waals surface area (Å²) in [6.45, 7) is 4.41. The lowest BCUT2D eigenvalue weighted by Crippen LogP contribution is -2.22. The second kappa shape index (κ2) is 5.69. The molecule has 13 heavy (non-hydrogen) atoms. The van der Waals surface area contributed by atoms with Crippen LogP contribution >= 0.6 is 11.8 Å². The number of thioether (sulfide) groups is 1. The van der Waals surface area contributed by atoms with Gasteiger partial charge in [0.1, 0.15) is 5.78 Å². The number of carbonyl (C=O) groups excluding carboxylic acids is 1. The van der Waals surface area contributed by atoms with Crippen molar-refractivity contribution < 1.29 is 4.79 Å². The monoisotopic (exact) mass is 200 g/mol. The molecule has 0 radical (unpaired) electrons. The van der Waals surface area contributed by atoms with E-state index in [0.717, 1.165) is 30.3 Å². The van der Waals surface area contributed by atoms with Gasteiger partial charge in [-0.05, 0) is 24.5 Å². The lowest BCUT2D eigenvalue weighted by molar-refractivity contribution is -0.121. The average molecular weight is 200 g/mol. The zero-order valence-corrected chi connectivity index (χ0v) is 9.53. The van der Waals surface area contributed by atoms with Crippen molar-refractivity contribution in [1.29, 1.82) is 0 Å². The molecule has 76 valence electrons. The summed E-state index contributed by atoms with van der Waals surface area (Å²) in [5.41, 5.74) is 0. The van der Waals surface area contributed by atoms with Gasteiger partial charge >= 0.3 is 0 Å². The molecule has 1 aliphatic rings. The predicted molar refractivity (Wildman–Crippen MR) is 59.1 cm³/mol. The Morgan fingerprint density at radius 3 is 2.46 bits per heavy atom. The second-order valence-corrected chi connectivity index (χ2v) is 5.33.